The van der Waals surface area contributed by atoms with Gasteiger partial charge in [0.1, 0.15) is 0 Å². The average molecular weight is 422 g/mol. The van der Waals surface area contributed by atoms with E-state index in [1.807, 2.05) is 25.1 Å². The number of nitrogens with one attached hydrogen (secondary N) is 1. The molecule has 0 bridgehead atoms. The summed E-state index contributed by atoms with van der Waals surface area (Å²) in [5, 5.41) is 3.18. The van der Waals surface area contributed by atoms with Gasteiger partial charge in [-0.25, -0.2) is 0 Å². The Labute approximate surface area is 164 Å². The van der Waals surface area contributed by atoms with Crippen LogP contribution in [0, 0.1) is 12.8 Å². The molecule has 1 unspecified atom stereocenters. The van der Waals surface area contributed by atoms with Crippen molar-refractivity contribution in [3.8, 4) is 0 Å². The van der Waals surface area contributed by atoms with Crippen LogP contribution in [0.25, 0.3) is 0 Å². The summed E-state index contributed by atoms with van der Waals surface area (Å²) >= 11 is 3.49. The van der Waals surface area contributed by atoms with Crippen molar-refractivity contribution in [1.82, 2.24) is 10.2 Å². The molecule has 1 aromatic rings. The highest BCUT2D eigenvalue weighted by molar-refractivity contribution is 9.10. The summed E-state index contributed by atoms with van der Waals surface area (Å²) in [4.78, 5) is 29.3. The van der Waals surface area contributed by atoms with Gasteiger partial charge in [-0.15, -0.1) is 0 Å². The molecule has 142 valence electrons. The third-order valence-corrected chi connectivity index (χ3v) is 6.31. The molecule has 2 fully saturated rings. The third kappa shape index (κ3) is 4.46. The van der Waals surface area contributed by atoms with Gasteiger partial charge in [-0.3, -0.25) is 9.59 Å². The molecule has 1 atom stereocenters. The van der Waals surface area contributed by atoms with Gasteiger partial charge in [0.15, 0.2) is 0 Å². The van der Waals surface area contributed by atoms with Crippen LogP contribution < -0.4 is 10.2 Å². The zero-order valence-corrected chi connectivity index (χ0v) is 17.2. The van der Waals surface area contributed by atoms with Gasteiger partial charge in [0.05, 0.1) is 5.92 Å². The van der Waals surface area contributed by atoms with Gasteiger partial charge in [0.25, 0.3) is 0 Å². The zero-order chi connectivity index (χ0) is 18.7. The second kappa shape index (κ2) is 8.53. The summed E-state index contributed by atoms with van der Waals surface area (Å²) in [6.07, 6.45) is 3.48. The maximum atomic E-state index is 12.7. The van der Waals surface area contributed by atoms with Crippen molar-refractivity contribution >= 4 is 33.4 Å². The molecular formula is C20H28BrN3O2. The standard InChI is InChI=1S/C20H28BrN3O2/c1-3-8-23-9-6-16(7-10-23)22-20(26)15-12-19(25)24(13-15)17-4-5-18(21)14(2)11-17/h4-5,11,15-16H,3,6-10,12-13H2,1-2H3,(H,22,26). The number of likely N-dealkylation sites (tertiary alicyclic amines) is 1. The maximum Gasteiger partial charge on any atom is 0.227 e. The Hall–Kier alpha value is -1.40. The number of hydrogen-bond donors (Lipinski definition) is 1. The third-order valence-electron chi connectivity index (χ3n) is 5.42. The van der Waals surface area contributed by atoms with Crippen LogP contribution in [0.15, 0.2) is 22.7 Å². The summed E-state index contributed by atoms with van der Waals surface area (Å²) in [6.45, 7) is 7.91. The van der Waals surface area contributed by atoms with E-state index >= 15 is 0 Å². The van der Waals surface area contributed by atoms with E-state index in [2.05, 4.69) is 33.1 Å². The van der Waals surface area contributed by atoms with E-state index in [9.17, 15) is 9.59 Å². The highest BCUT2D eigenvalue weighted by atomic mass is 79.9. The van der Waals surface area contributed by atoms with Crippen LogP contribution in [0.3, 0.4) is 0 Å². The minimum atomic E-state index is -0.250. The van der Waals surface area contributed by atoms with Gasteiger partial charge >= 0.3 is 0 Å². The molecule has 0 aliphatic carbocycles. The summed E-state index contributed by atoms with van der Waals surface area (Å²) in [7, 11) is 0. The van der Waals surface area contributed by atoms with Crippen LogP contribution in [0.5, 0.6) is 0 Å². The normalized spacial score (nSPS) is 22.0. The fourth-order valence-electron chi connectivity index (χ4n) is 3.87. The summed E-state index contributed by atoms with van der Waals surface area (Å²) in [5.41, 5.74) is 1.96. The number of amides is 2. The molecule has 2 saturated heterocycles. The monoisotopic (exact) mass is 421 g/mol. The quantitative estimate of drug-likeness (QED) is 0.794. The van der Waals surface area contributed by atoms with Crippen molar-refractivity contribution in [2.24, 2.45) is 5.92 Å². The minimum absolute atomic E-state index is 0.0311. The van der Waals surface area contributed by atoms with Gasteiger partial charge in [-0.05, 0) is 56.5 Å². The molecule has 2 heterocycles. The SMILES string of the molecule is CCCN1CCC(NC(=O)C2CC(=O)N(c3ccc(Br)c(C)c3)C2)CC1. The lowest BCUT2D eigenvalue weighted by molar-refractivity contribution is -0.127. The zero-order valence-electron chi connectivity index (χ0n) is 15.6. The topological polar surface area (TPSA) is 52.7 Å². The number of benzene rings is 1. The highest BCUT2D eigenvalue weighted by Crippen LogP contribution is 2.28. The van der Waals surface area contributed by atoms with Crippen LogP contribution >= 0.6 is 15.9 Å². The molecule has 2 amide bonds. The first kappa shape index (κ1) is 19.4. The molecule has 26 heavy (non-hydrogen) atoms. The first-order chi connectivity index (χ1) is 12.5. The minimum Gasteiger partial charge on any atom is -0.353 e. The number of aryl methyl sites for hydroxylation is 1. The molecule has 2 aliphatic rings. The Morgan fingerprint density at radius 1 is 1.31 bits per heavy atom. The molecule has 3 rings (SSSR count). The number of halogens is 1. The Morgan fingerprint density at radius 2 is 2.04 bits per heavy atom. The number of carbonyl (C=O) groups is 2. The first-order valence-electron chi connectivity index (χ1n) is 9.57. The largest absolute Gasteiger partial charge is 0.353 e. The van der Waals surface area contributed by atoms with Gasteiger partial charge in [0.2, 0.25) is 11.8 Å². The Bertz CT molecular complexity index is 671. The van der Waals surface area contributed by atoms with Crippen molar-refractivity contribution in [3.63, 3.8) is 0 Å². The van der Waals surface area contributed by atoms with E-state index in [1.165, 1.54) is 6.42 Å². The summed E-state index contributed by atoms with van der Waals surface area (Å²) in [5.74, 6) is -0.187. The lowest BCUT2D eigenvalue weighted by Crippen LogP contribution is -2.46. The summed E-state index contributed by atoms with van der Waals surface area (Å²) in [6, 6.07) is 6.12. The van der Waals surface area contributed by atoms with Crippen LogP contribution in [0.1, 0.15) is 38.2 Å². The van der Waals surface area contributed by atoms with E-state index in [0.717, 1.165) is 48.2 Å². The van der Waals surface area contributed by atoms with Gasteiger partial charge in [0, 0.05) is 42.3 Å². The van der Waals surface area contributed by atoms with Crippen LogP contribution in [-0.4, -0.2) is 48.9 Å². The van der Waals surface area contributed by atoms with Gasteiger partial charge in [-0.2, -0.15) is 0 Å². The van der Waals surface area contributed by atoms with Crippen molar-refractivity contribution in [2.75, 3.05) is 31.1 Å². The molecule has 2 aliphatic heterocycles. The predicted molar refractivity (Wildman–Crippen MR) is 107 cm³/mol. The van der Waals surface area contributed by atoms with Crippen LogP contribution in [0.4, 0.5) is 5.69 Å². The van der Waals surface area contributed by atoms with Crippen molar-refractivity contribution in [1.29, 1.82) is 0 Å². The molecule has 0 spiro atoms. The first-order valence-corrected chi connectivity index (χ1v) is 10.4. The molecule has 5 nitrogen and oxygen atoms in total. The lowest BCUT2D eigenvalue weighted by atomic mass is 10.0. The van der Waals surface area contributed by atoms with Gasteiger partial charge < -0.3 is 15.1 Å². The predicted octanol–water partition coefficient (Wildman–Crippen LogP) is 3.10. The van der Waals surface area contributed by atoms with Crippen molar-refractivity contribution < 1.29 is 9.59 Å². The highest BCUT2D eigenvalue weighted by Gasteiger charge is 2.36. The number of anilines is 1. The Kier molecular flexibility index (Phi) is 6.35. The van der Waals surface area contributed by atoms with E-state index in [1.54, 1.807) is 4.90 Å². The van der Waals surface area contributed by atoms with E-state index in [-0.39, 0.29) is 23.8 Å². The molecular weight excluding hydrogens is 394 g/mol. The van der Waals surface area contributed by atoms with Crippen molar-refractivity contribution in [3.05, 3.63) is 28.2 Å². The Morgan fingerprint density at radius 3 is 2.69 bits per heavy atom. The average Bonchev–Trinajstić information content (AvgIpc) is 3.01. The maximum absolute atomic E-state index is 12.7. The fraction of sp³-hybridized carbons (Fsp3) is 0.600. The van der Waals surface area contributed by atoms with E-state index < -0.39 is 0 Å². The van der Waals surface area contributed by atoms with Crippen LogP contribution in [-0.2, 0) is 9.59 Å². The fourth-order valence-corrected chi connectivity index (χ4v) is 4.11. The number of piperidine rings is 1. The molecule has 1 aromatic carbocycles. The van der Waals surface area contributed by atoms with Gasteiger partial charge in [-0.1, -0.05) is 22.9 Å². The number of nitrogens with zero attached hydrogens (tertiary/aromatic N) is 2. The second-order valence-corrected chi connectivity index (χ2v) is 8.32. The molecule has 0 radical (unpaired) electrons. The lowest BCUT2D eigenvalue weighted by Gasteiger charge is -2.32. The molecule has 0 aromatic heterocycles. The molecule has 6 heteroatoms. The molecule has 1 N–H and O–H groups in total. The van der Waals surface area contributed by atoms with E-state index in [0.29, 0.717) is 13.0 Å². The van der Waals surface area contributed by atoms with Crippen molar-refractivity contribution in [2.45, 2.75) is 45.6 Å². The second-order valence-electron chi connectivity index (χ2n) is 7.46. The van der Waals surface area contributed by atoms with Crippen LogP contribution in [0.2, 0.25) is 0 Å². The van der Waals surface area contributed by atoms with E-state index in [4.69, 9.17) is 0 Å². The number of carbonyl (C=O) groups excluding carboxylic acids is 2. The molecule has 0 saturated carbocycles. The number of rotatable bonds is 5. The Balaban J connectivity index is 1.55. The smallest absolute Gasteiger partial charge is 0.227 e. The number of hydrogen-bond acceptors (Lipinski definition) is 3. The summed E-state index contributed by atoms with van der Waals surface area (Å²) < 4.78 is 1.02.